The molecule has 1 atom stereocenters. The first-order chi connectivity index (χ1) is 16.0. The summed E-state index contributed by atoms with van der Waals surface area (Å²) < 4.78 is 12.6. The van der Waals surface area contributed by atoms with Crippen LogP contribution in [0.2, 0.25) is 0 Å². The van der Waals surface area contributed by atoms with Crippen LogP contribution in [0.1, 0.15) is 31.7 Å². The zero-order valence-electron chi connectivity index (χ0n) is 18.8. The lowest BCUT2D eigenvalue weighted by atomic mass is 10.1. The first-order valence-electron chi connectivity index (χ1n) is 11.0. The highest BCUT2D eigenvalue weighted by Gasteiger charge is 2.17. The molecule has 0 fully saturated rings. The summed E-state index contributed by atoms with van der Waals surface area (Å²) in [6.45, 7) is 2.19. The minimum atomic E-state index is -0.256. The molecule has 0 saturated carbocycles. The number of fused-ring (bicyclic) bond motifs is 1. The van der Waals surface area contributed by atoms with E-state index in [1.54, 1.807) is 10.8 Å². The van der Waals surface area contributed by atoms with Crippen molar-refractivity contribution < 1.29 is 19.1 Å². The van der Waals surface area contributed by atoms with E-state index >= 15 is 0 Å². The highest BCUT2D eigenvalue weighted by atomic mass is 16.7. The number of anilines is 1. The smallest absolute Gasteiger partial charge is 0.231 e. The Morgan fingerprint density at radius 3 is 2.64 bits per heavy atom. The van der Waals surface area contributed by atoms with Crippen LogP contribution in [0.15, 0.2) is 54.7 Å². The van der Waals surface area contributed by atoms with E-state index in [0.29, 0.717) is 17.4 Å². The number of hydrogen-bond acceptors (Lipinski definition) is 5. The van der Waals surface area contributed by atoms with Gasteiger partial charge in [0.2, 0.25) is 24.6 Å². The average molecular weight is 449 g/mol. The highest BCUT2D eigenvalue weighted by molar-refractivity contribution is 5.92. The summed E-state index contributed by atoms with van der Waals surface area (Å²) in [4.78, 5) is 28.9. The molecule has 2 amide bonds. The van der Waals surface area contributed by atoms with Crippen molar-refractivity contribution in [3.05, 3.63) is 60.3 Å². The molecule has 3 aromatic rings. The number of rotatable bonds is 9. The van der Waals surface area contributed by atoms with Gasteiger partial charge in [-0.15, -0.1) is 0 Å². The molecule has 1 aliphatic rings. The van der Waals surface area contributed by atoms with E-state index < -0.39 is 0 Å². The lowest BCUT2D eigenvalue weighted by molar-refractivity contribution is -0.124. The van der Waals surface area contributed by atoms with Crippen LogP contribution in [0.5, 0.6) is 11.5 Å². The maximum absolute atomic E-state index is 12.4. The maximum Gasteiger partial charge on any atom is 0.231 e. The lowest BCUT2D eigenvalue weighted by Crippen LogP contribution is -2.33. The maximum atomic E-state index is 12.4. The molecule has 0 radical (unpaired) electrons. The van der Waals surface area contributed by atoms with Crippen molar-refractivity contribution in [3.63, 3.8) is 0 Å². The Morgan fingerprint density at radius 1 is 1.06 bits per heavy atom. The van der Waals surface area contributed by atoms with Gasteiger partial charge in [0, 0.05) is 31.5 Å². The van der Waals surface area contributed by atoms with Crippen LogP contribution in [-0.2, 0) is 23.1 Å². The third kappa shape index (κ3) is 5.71. The van der Waals surface area contributed by atoms with Crippen molar-refractivity contribution in [2.45, 2.75) is 38.6 Å². The second-order valence-electron chi connectivity index (χ2n) is 8.14. The Hall–Kier alpha value is -3.81. The largest absolute Gasteiger partial charge is 0.454 e. The van der Waals surface area contributed by atoms with Gasteiger partial charge in [-0.25, -0.2) is 4.98 Å². The number of nitrogens with zero attached hydrogens (tertiary/aromatic N) is 2. The number of nitrogens with one attached hydrogen (secondary N) is 2. The average Bonchev–Trinajstić information content (AvgIpc) is 3.43. The fraction of sp³-hybridized carbons (Fsp3) is 0.320. The minimum absolute atomic E-state index is 0.0413. The summed E-state index contributed by atoms with van der Waals surface area (Å²) in [5.41, 5.74) is 2.97. The standard InChI is InChI=1S/C25H28N4O4/c1-17(8-9-18-6-4-3-5-7-18)27-23(30)12-13-24(31)28-25-26-15-20(29(25)2)19-10-11-21-22(14-19)33-16-32-21/h3-7,10-11,14-15,17H,8-9,12-13,16H2,1-2H3,(H,27,30)(H,26,28,31)/t17-/m1/s1. The van der Waals surface area contributed by atoms with Crippen LogP contribution in [0.3, 0.4) is 0 Å². The van der Waals surface area contributed by atoms with Crippen molar-refractivity contribution in [2.24, 2.45) is 7.05 Å². The number of carbonyl (C=O) groups is 2. The highest BCUT2D eigenvalue weighted by Crippen LogP contribution is 2.36. The Kier molecular flexibility index (Phi) is 6.92. The van der Waals surface area contributed by atoms with Crippen molar-refractivity contribution in [1.82, 2.24) is 14.9 Å². The van der Waals surface area contributed by atoms with Crippen LogP contribution in [0.25, 0.3) is 11.3 Å². The second-order valence-corrected chi connectivity index (χ2v) is 8.14. The van der Waals surface area contributed by atoms with Crippen LogP contribution < -0.4 is 20.1 Å². The van der Waals surface area contributed by atoms with Gasteiger partial charge in [-0.05, 0) is 43.5 Å². The lowest BCUT2D eigenvalue weighted by Gasteiger charge is -2.14. The molecular weight excluding hydrogens is 420 g/mol. The first kappa shape index (κ1) is 22.4. The van der Waals surface area contributed by atoms with Crippen molar-refractivity contribution in [1.29, 1.82) is 0 Å². The van der Waals surface area contributed by atoms with E-state index in [1.165, 1.54) is 5.56 Å². The molecule has 0 aliphatic carbocycles. The van der Waals surface area contributed by atoms with E-state index in [-0.39, 0.29) is 37.5 Å². The molecule has 1 aromatic heterocycles. The third-order valence-corrected chi connectivity index (χ3v) is 5.60. The van der Waals surface area contributed by atoms with E-state index in [0.717, 1.165) is 24.1 Å². The van der Waals surface area contributed by atoms with Crippen molar-refractivity contribution in [2.75, 3.05) is 12.1 Å². The monoisotopic (exact) mass is 448 g/mol. The molecule has 172 valence electrons. The van der Waals surface area contributed by atoms with Crippen LogP contribution >= 0.6 is 0 Å². The minimum Gasteiger partial charge on any atom is -0.454 e. The third-order valence-electron chi connectivity index (χ3n) is 5.60. The van der Waals surface area contributed by atoms with Crippen LogP contribution in [-0.4, -0.2) is 34.2 Å². The number of carbonyl (C=O) groups excluding carboxylic acids is 2. The molecule has 33 heavy (non-hydrogen) atoms. The van der Waals surface area contributed by atoms with E-state index in [4.69, 9.17) is 9.47 Å². The molecular formula is C25H28N4O4. The Labute approximate surface area is 192 Å². The molecule has 2 N–H and O–H groups in total. The SMILES string of the molecule is C[C@H](CCc1ccccc1)NC(=O)CCC(=O)Nc1ncc(-c2ccc3c(c2)OCO3)n1C. The summed E-state index contributed by atoms with van der Waals surface area (Å²) >= 11 is 0. The topological polar surface area (TPSA) is 94.5 Å². The molecule has 0 spiro atoms. The zero-order valence-corrected chi connectivity index (χ0v) is 18.8. The Morgan fingerprint density at radius 2 is 1.82 bits per heavy atom. The number of imidazole rings is 1. The van der Waals surface area contributed by atoms with E-state index in [9.17, 15) is 9.59 Å². The second kappa shape index (κ2) is 10.2. The fourth-order valence-corrected chi connectivity index (χ4v) is 3.71. The Balaban J connectivity index is 1.24. The van der Waals surface area contributed by atoms with E-state index in [2.05, 4.69) is 27.8 Å². The molecule has 8 heteroatoms. The van der Waals surface area contributed by atoms with Gasteiger partial charge in [-0.3, -0.25) is 14.9 Å². The normalized spacial score (nSPS) is 12.9. The number of aromatic nitrogens is 2. The number of hydrogen-bond donors (Lipinski definition) is 2. The van der Waals surface area contributed by atoms with Crippen LogP contribution in [0.4, 0.5) is 5.95 Å². The summed E-state index contributed by atoms with van der Waals surface area (Å²) in [5, 5.41) is 5.75. The molecule has 0 bridgehead atoms. The molecule has 2 heterocycles. The predicted octanol–water partition coefficient (Wildman–Crippen LogP) is 3.67. The summed E-state index contributed by atoms with van der Waals surface area (Å²) in [5.74, 6) is 1.43. The van der Waals surface area contributed by atoms with Gasteiger partial charge in [0.05, 0.1) is 11.9 Å². The van der Waals surface area contributed by atoms with Gasteiger partial charge in [0.25, 0.3) is 0 Å². The van der Waals surface area contributed by atoms with Gasteiger partial charge in [0.15, 0.2) is 11.5 Å². The predicted molar refractivity (Wildman–Crippen MR) is 125 cm³/mol. The molecule has 0 saturated heterocycles. The van der Waals surface area contributed by atoms with Gasteiger partial charge in [0.1, 0.15) is 0 Å². The van der Waals surface area contributed by atoms with Gasteiger partial charge < -0.3 is 19.4 Å². The van der Waals surface area contributed by atoms with Gasteiger partial charge in [-0.1, -0.05) is 30.3 Å². The quantitative estimate of drug-likeness (QED) is 0.521. The first-order valence-corrected chi connectivity index (χ1v) is 11.0. The Bertz CT molecular complexity index is 1130. The molecule has 4 rings (SSSR count). The van der Waals surface area contributed by atoms with Gasteiger partial charge >= 0.3 is 0 Å². The molecule has 8 nitrogen and oxygen atoms in total. The molecule has 1 aliphatic heterocycles. The summed E-state index contributed by atoms with van der Waals surface area (Å²) in [6.07, 6.45) is 3.64. The zero-order chi connectivity index (χ0) is 23.2. The number of benzene rings is 2. The number of amides is 2. The molecule has 0 unspecified atom stereocenters. The summed E-state index contributed by atoms with van der Waals surface area (Å²) in [7, 11) is 1.82. The van der Waals surface area contributed by atoms with Gasteiger partial charge in [-0.2, -0.15) is 0 Å². The number of ether oxygens (including phenoxy) is 2. The van der Waals surface area contributed by atoms with E-state index in [1.807, 2.05) is 50.4 Å². The van der Waals surface area contributed by atoms with Crippen molar-refractivity contribution >= 4 is 17.8 Å². The van der Waals surface area contributed by atoms with Crippen LogP contribution in [0, 0.1) is 0 Å². The summed E-state index contributed by atoms with van der Waals surface area (Å²) in [6, 6.07) is 15.9. The van der Waals surface area contributed by atoms with Crippen molar-refractivity contribution in [3.8, 4) is 22.8 Å². The number of aryl methyl sites for hydroxylation is 1. The fourth-order valence-electron chi connectivity index (χ4n) is 3.71. The molecule has 2 aromatic carbocycles.